The van der Waals surface area contributed by atoms with Crippen LogP contribution in [0.3, 0.4) is 0 Å². The number of carboxylic acid groups (broad SMARTS) is 2. The van der Waals surface area contributed by atoms with Crippen LogP contribution >= 0.6 is 0 Å². The molecule has 0 bridgehead atoms. The monoisotopic (exact) mass is 437 g/mol. The van der Waals surface area contributed by atoms with Crippen LogP contribution in [0.4, 0.5) is 18.0 Å². The molecule has 5 N–H and O–H groups in total. The van der Waals surface area contributed by atoms with Crippen LogP contribution in [0.15, 0.2) is 30.3 Å². The van der Waals surface area contributed by atoms with Gasteiger partial charge in [-0.3, -0.25) is 4.79 Å². The van der Waals surface area contributed by atoms with Gasteiger partial charge < -0.3 is 30.9 Å². The number of hydrogen-bond acceptors (Lipinski definition) is 6. The molecule has 0 spiro atoms. The third kappa shape index (κ3) is 10.3. The fourth-order valence-electron chi connectivity index (χ4n) is 1.95. The summed E-state index contributed by atoms with van der Waals surface area (Å²) < 4.78 is 36.4. The number of urea groups is 1. The van der Waals surface area contributed by atoms with Crippen molar-refractivity contribution in [1.82, 2.24) is 10.2 Å². The molecular weight excluding hydrogens is 415 g/mol. The van der Waals surface area contributed by atoms with Gasteiger partial charge in [-0.25, -0.2) is 14.4 Å². The lowest BCUT2D eigenvalue weighted by Crippen LogP contribution is -2.46. The number of esters is 1. The summed E-state index contributed by atoms with van der Waals surface area (Å²) in [6.45, 7) is 0.0222. The second-order valence-electron chi connectivity index (χ2n) is 5.58. The van der Waals surface area contributed by atoms with E-state index in [9.17, 15) is 27.6 Å². The molecule has 0 fully saturated rings. The smallest absolute Gasteiger partial charge is 0.480 e. The van der Waals surface area contributed by atoms with Gasteiger partial charge in [-0.15, -0.1) is 0 Å². The number of carboxylic acids is 2. The van der Waals surface area contributed by atoms with E-state index < -0.39 is 42.7 Å². The molecule has 0 aliphatic heterocycles. The molecule has 0 heterocycles. The lowest BCUT2D eigenvalue weighted by Gasteiger charge is -2.24. The summed E-state index contributed by atoms with van der Waals surface area (Å²) in [5.41, 5.74) is 5.93. The highest BCUT2D eigenvalue weighted by molar-refractivity contribution is 5.86. The third-order valence-corrected chi connectivity index (χ3v) is 3.33. The molecule has 1 rings (SSSR count). The minimum Gasteiger partial charge on any atom is -0.480 e. The number of aliphatic carboxylic acids is 2. The molecule has 0 radical (unpaired) electrons. The standard InChI is InChI=1S/C15H21N3O5.C2HF3O2/c1-23-14(21)13(11-6-3-2-4-7-11)17-15(22)18(9-5-8-16)10-12(19)20;3-2(4,5)1(6)7/h2-4,6-7,13H,5,8-10,16H2,1H3,(H,17,22)(H,19,20);(H,6,7). The van der Waals surface area contributed by atoms with Gasteiger partial charge >= 0.3 is 30.1 Å². The van der Waals surface area contributed by atoms with Crippen LogP contribution in [-0.2, 0) is 19.1 Å². The fourth-order valence-corrected chi connectivity index (χ4v) is 1.95. The SMILES string of the molecule is COC(=O)C(NC(=O)N(CCCN)CC(=O)O)c1ccccc1.O=C(O)C(F)(F)F. The van der Waals surface area contributed by atoms with Gasteiger partial charge in [0.1, 0.15) is 6.54 Å². The summed E-state index contributed by atoms with van der Waals surface area (Å²) in [5, 5.41) is 18.5. The summed E-state index contributed by atoms with van der Waals surface area (Å²) in [5.74, 6) is -4.54. The average molecular weight is 437 g/mol. The zero-order valence-corrected chi connectivity index (χ0v) is 15.9. The summed E-state index contributed by atoms with van der Waals surface area (Å²) >= 11 is 0. The lowest BCUT2D eigenvalue weighted by molar-refractivity contribution is -0.192. The number of nitrogens with zero attached hydrogens (tertiary/aromatic N) is 1. The summed E-state index contributed by atoms with van der Waals surface area (Å²) in [4.78, 5) is 45.1. The van der Waals surface area contributed by atoms with E-state index in [1.807, 2.05) is 0 Å². The van der Waals surface area contributed by atoms with Gasteiger partial charge in [0.05, 0.1) is 7.11 Å². The van der Waals surface area contributed by atoms with Crippen LogP contribution in [0.2, 0.25) is 0 Å². The van der Waals surface area contributed by atoms with Crippen molar-refractivity contribution < 1.29 is 47.3 Å². The molecular formula is C17H22F3N3O7. The van der Waals surface area contributed by atoms with Crippen LogP contribution in [-0.4, -0.2) is 72.0 Å². The number of ether oxygens (including phenoxy) is 1. The topological polar surface area (TPSA) is 159 Å². The first-order valence-corrected chi connectivity index (χ1v) is 8.34. The molecule has 0 aliphatic carbocycles. The van der Waals surface area contributed by atoms with Crippen molar-refractivity contribution in [3.63, 3.8) is 0 Å². The highest BCUT2D eigenvalue weighted by Crippen LogP contribution is 2.15. The van der Waals surface area contributed by atoms with E-state index in [1.54, 1.807) is 30.3 Å². The number of hydrogen-bond donors (Lipinski definition) is 4. The molecule has 1 atom stereocenters. The molecule has 1 aromatic rings. The minimum absolute atomic E-state index is 0.178. The number of alkyl halides is 3. The first-order valence-electron chi connectivity index (χ1n) is 8.34. The van der Waals surface area contributed by atoms with Gasteiger partial charge in [-0.1, -0.05) is 30.3 Å². The molecule has 2 amide bonds. The molecule has 168 valence electrons. The number of amides is 2. The number of benzene rings is 1. The normalized spacial score (nSPS) is 11.4. The Morgan fingerprint density at radius 1 is 1.17 bits per heavy atom. The summed E-state index contributed by atoms with van der Waals surface area (Å²) in [7, 11) is 1.22. The Bertz CT molecular complexity index is 714. The number of nitrogens with one attached hydrogen (secondary N) is 1. The molecule has 0 aromatic heterocycles. The van der Waals surface area contributed by atoms with E-state index in [1.165, 1.54) is 7.11 Å². The molecule has 1 unspecified atom stereocenters. The predicted molar refractivity (Wildman–Crippen MR) is 96.3 cm³/mol. The highest BCUT2D eigenvalue weighted by atomic mass is 19.4. The lowest BCUT2D eigenvalue weighted by atomic mass is 10.1. The van der Waals surface area contributed by atoms with Crippen LogP contribution < -0.4 is 11.1 Å². The zero-order chi connectivity index (χ0) is 23.3. The Balaban J connectivity index is 0.00000103. The number of carbonyl (C=O) groups is 4. The number of rotatable bonds is 8. The van der Waals surface area contributed by atoms with E-state index >= 15 is 0 Å². The van der Waals surface area contributed by atoms with Crippen LogP contribution in [0.1, 0.15) is 18.0 Å². The number of nitrogens with two attached hydrogens (primary N) is 1. The average Bonchev–Trinajstić information content (AvgIpc) is 2.68. The molecule has 0 saturated heterocycles. The zero-order valence-electron chi connectivity index (χ0n) is 15.9. The molecule has 1 aromatic carbocycles. The Morgan fingerprint density at radius 3 is 2.10 bits per heavy atom. The maximum atomic E-state index is 12.3. The van der Waals surface area contributed by atoms with E-state index in [4.69, 9.17) is 25.5 Å². The van der Waals surface area contributed by atoms with Gasteiger partial charge in [0.2, 0.25) is 0 Å². The first kappa shape index (κ1) is 26.6. The van der Waals surface area contributed by atoms with Gasteiger partial charge in [0, 0.05) is 6.54 Å². The second kappa shape index (κ2) is 13.0. The largest absolute Gasteiger partial charge is 0.490 e. The molecule has 10 nitrogen and oxygen atoms in total. The van der Waals surface area contributed by atoms with E-state index in [-0.39, 0.29) is 6.54 Å². The van der Waals surface area contributed by atoms with Crippen LogP contribution in [0, 0.1) is 0 Å². The van der Waals surface area contributed by atoms with Crippen LogP contribution in [0.25, 0.3) is 0 Å². The third-order valence-electron chi connectivity index (χ3n) is 3.33. The van der Waals surface area contributed by atoms with Gasteiger partial charge in [-0.2, -0.15) is 13.2 Å². The van der Waals surface area contributed by atoms with Crippen molar-refractivity contribution in [2.75, 3.05) is 26.7 Å². The fraction of sp³-hybridized carbons (Fsp3) is 0.412. The Morgan fingerprint density at radius 2 is 1.70 bits per heavy atom. The minimum atomic E-state index is -5.08. The summed E-state index contributed by atoms with van der Waals surface area (Å²) in [6.07, 6.45) is -4.63. The van der Waals surface area contributed by atoms with E-state index in [0.717, 1.165) is 4.90 Å². The number of carbonyl (C=O) groups excluding carboxylic acids is 2. The molecule has 30 heavy (non-hydrogen) atoms. The Labute approximate surface area is 169 Å². The summed E-state index contributed by atoms with van der Waals surface area (Å²) in [6, 6.07) is 6.88. The van der Waals surface area contributed by atoms with Gasteiger partial charge in [0.15, 0.2) is 6.04 Å². The van der Waals surface area contributed by atoms with E-state index in [2.05, 4.69) is 5.32 Å². The van der Waals surface area contributed by atoms with Crippen molar-refractivity contribution in [3.05, 3.63) is 35.9 Å². The van der Waals surface area contributed by atoms with Gasteiger partial charge in [0.25, 0.3) is 0 Å². The Kier molecular flexibility index (Phi) is 11.5. The molecule has 0 saturated carbocycles. The maximum absolute atomic E-state index is 12.3. The van der Waals surface area contributed by atoms with Gasteiger partial charge in [-0.05, 0) is 18.5 Å². The van der Waals surface area contributed by atoms with E-state index in [0.29, 0.717) is 18.5 Å². The van der Waals surface area contributed by atoms with Crippen molar-refractivity contribution in [2.24, 2.45) is 5.73 Å². The predicted octanol–water partition coefficient (Wildman–Crippen LogP) is 0.979. The van der Waals surface area contributed by atoms with Crippen molar-refractivity contribution in [1.29, 1.82) is 0 Å². The Hall–Kier alpha value is -3.35. The van der Waals surface area contributed by atoms with Crippen molar-refractivity contribution in [3.8, 4) is 0 Å². The highest BCUT2D eigenvalue weighted by Gasteiger charge is 2.38. The second-order valence-corrected chi connectivity index (χ2v) is 5.58. The molecule has 0 aliphatic rings. The van der Waals surface area contributed by atoms with Crippen molar-refractivity contribution >= 4 is 23.9 Å². The van der Waals surface area contributed by atoms with Crippen molar-refractivity contribution in [2.45, 2.75) is 18.6 Å². The molecule has 13 heteroatoms. The number of methoxy groups -OCH3 is 1. The quantitative estimate of drug-likeness (QED) is 0.438. The van der Waals surface area contributed by atoms with Crippen LogP contribution in [0.5, 0.6) is 0 Å². The number of halogens is 3. The first-order chi connectivity index (χ1) is 13.9. The maximum Gasteiger partial charge on any atom is 0.490 e.